The topological polar surface area (TPSA) is 33.7 Å². The second-order valence-corrected chi connectivity index (χ2v) is 4.83. The molecule has 0 spiro atoms. The lowest BCUT2D eigenvalue weighted by molar-refractivity contribution is -0.286. The maximum Gasteiger partial charge on any atom is 0.586 e. The third-order valence-electron chi connectivity index (χ3n) is 3.55. The first-order valence-electron chi connectivity index (χ1n) is 6.49. The first-order valence-corrected chi connectivity index (χ1v) is 6.49. The molecule has 1 fully saturated rings. The van der Waals surface area contributed by atoms with Gasteiger partial charge in [0.25, 0.3) is 0 Å². The molecular formula is C13H17Cl2F3N2O2. The molecule has 2 aliphatic rings. The second kappa shape index (κ2) is 7.59. The van der Waals surface area contributed by atoms with Crippen LogP contribution in [0.2, 0.25) is 0 Å². The molecule has 1 saturated heterocycles. The first kappa shape index (κ1) is 19.2. The molecule has 0 aromatic heterocycles. The largest absolute Gasteiger partial charge is 0.586 e. The molecule has 2 aliphatic heterocycles. The third kappa shape index (κ3) is 3.90. The van der Waals surface area contributed by atoms with E-state index in [0.29, 0.717) is 5.56 Å². The van der Waals surface area contributed by atoms with Gasteiger partial charge in [0, 0.05) is 26.2 Å². The number of benzene rings is 1. The van der Waals surface area contributed by atoms with Gasteiger partial charge in [-0.2, -0.15) is 0 Å². The van der Waals surface area contributed by atoms with Crippen LogP contribution in [0.5, 0.6) is 11.5 Å². The van der Waals surface area contributed by atoms with Gasteiger partial charge in [0.1, 0.15) is 6.67 Å². The number of hydrogen-bond acceptors (Lipinski definition) is 4. The normalized spacial score (nSPS) is 20.7. The third-order valence-corrected chi connectivity index (χ3v) is 3.55. The van der Waals surface area contributed by atoms with Crippen molar-refractivity contribution in [1.82, 2.24) is 10.2 Å². The number of hydrogen-bond donors (Lipinski definition) is 1. The highest BCUT2D eigenvalue weighted by Crippen LogP contribution is 2.42. The van der Waals surface area contributed by atoms with Gasteiger partial charge < -0.3 is 14.8 Å². The standard InChI is InChI=1S/C13H15F3N2O2.2ClH/c14-8-10(18-5-3-17-4-6-18)9-1-2-11-12(7-9)20-13(15,16)19-11;;/h1-2,7,10,17H,3-6,8H2;2*1H/t10-;;/m0../s1. The maximum absolute atomic E-state index is 13.3. The summed E-state index contributed by atoms with van der Waals surface area (Å²) in [5.74, 6) is -0.0576. The highest BCUT2D eigenvalue weighted by Gasteiger charge is 2.43. The van der Waals surface area contributed by atoms with Crippen molar-refractivity contribution in [3.05, 3.63) is 23.8 Å². The Balaban J connectivity index is 0.00000121. The molecular weight excluding hydrogens is 344 g/mol. The van der Waals surface area contributed by atoms with Crippen molar-refractivity contribution in [2.24, 2.45) is 0 Å². The molecule has 0 amide bonds. The number of piperazine rings is 1. The zero-order chi connectivity index (χ0) is 14.2. The number of halogens is 5. The number of fused-ring (bicyclic) bond motifs is 1. The molecule has 3 rings (SSSR count). The summed E-state index contributed by atoms with van der Waals surface area (Å²) in [6.07, 6.45) is -3.64. The van der Waals surface area contributed by atoms with Gasteiger partial charge in [-0.1, -0.05) is 6.07 Å². The molecule has 0 unspecified atom stereocenters. The lowest BCUT2D eigenvalue weighted by Crippen LogP contribution is -2.45. The van der Waals surface area contributed by atoms with E-state index in [0.717, 1.165) is 26.2 Å². The quantitative estimate of drug-likeness (QED) is 0.898. The van der Waals surface area contributed by atoms with Crippen LogP contribution < -0.4 is 14.8 Å². The van der Waals surface area contributed by atoms with Crippen molar-refractivity contribution >= 4 is 24.8 Å². The molecule has 1 aromatic rings. The van der Waals surface area contributed by atoms with Gasteiger partial charge in [0.05, 0.1) is 6.04 Å². The Labute approximate surface area is 138 Å². The lowest BCUT2D eigenvalue weighted by Gasteiger charge is -2.33. The Morgan fingerprint density at radius 3 is 2.41 bits per heavy atom. The lowest BCUT2D eigenvalue weighted by atomic mass is 10.0. The van der Waals surface area contributed by atoms with Crippen molar-refractivity contribution in [3.63, 3.8) is 0 Å². The van der Waals surface area contributed by atoms with Crippen LogP contribution in [0.25, 0.3) is 0 Å². The SMILES string of the molecule is Cl.Cl.FC[C@@H](c1ccc2c(c1)OC(F)(F)O2)N1CCNCC1. The van der Waals surface area contributed by atoms with Gasteiger partial charge in [-0.15, -0.1) is 33.6 Å². The van der Waals surface area contributed by atoms with E-state index in [4.69, 9.17) is 0 Å². The smallest absolute Gasteiger partial charge is 0.395 e. The van der Waals surface area contributed by atoms with Crippen LogP contribution in [-0.2, 0) is 0 Å². The molecule has 126 valence electrons. The summed E-state index contributed by atoms with van der Waals surface area (Å²) < 4.78 is 48.0. The maximum atomic E-state index is 13.3. The zero-order valence-electron chi connectivity index (χ0n) is 11.6. The van der Waals surface area contributed by atoms with E-state index in [9.17, 15) is 13.2 Å². The van der Waals surface area contributed by atoms with E-state index in [-0.39, 0.29) is 36.3 Å². The Bertz CT molecular complexity index is 502. The molecule has 0 saturated carbocycles. The first-order chi connectivity index (χ1) is 9.59. The summed E-state index contributed by atoms with van der Waals surface area (Å²) in [4.78, 5) is 1.99. The molecule has 9 heteroatoms. The number of rotatable bonds is 3. The van der Waals surface area contributed by atoms with Crippen LogP contribution in [0.1, 0.15) is 11.6 Å². The van der Waals surface area contributed by atoms with E-state index in [1.807, 2.05) is 4.90 Å². The summed E-state index contributed by atoms with van der Waals surface area (Å²) in [7, 11) is 0. The highest BCUT2D eigenvalue weighted by molar-refractivity contribution is 5.85. The Kier molecular flexibility index (Phi) is 6.61. The minimum absolute atomic E-state index is 0. The molecule has 0 radical (unpaired) electrons. The average Bonchev–Trinajstić information content (AvgIpc) is 2.74. The number of alkyl halides is 3. The number of ether oxygens (including phenoxy) is 2. The van der Waals surface area contributed by atoms with Crippen molar-refractivity contribution in [1.29, 1.82) is 0 Å². The molecule has 4 nitrogen and oxygen atoms in total. The van der Waals surface area contributed by atoms with E-state index in [1.54, 1.807) is 6.07 Å². The van der Waals surface area contributed by atoms with Crippen LogP contribution in [0.4, 0.5) is 13.2 Å². The Hall–Kier alpha value is -0.890. The summed E-state index contributed by atoms with van der Waals surface area (Å²) in [5, 5.41) is 3.19. The molecule has 0 bridgehead atoms. The summed E-state index contributed by atoms with van der Waals surface area (Å²) in [6.45, 7) is 2.45. The van der Waals surface area contributed by atoms with E-state index in [2.05, 4.69) is 14.8 Å². The van der Waals surface area contributed by atoms with Gasteiger partial charge in [-0.05, 0) is 17.7 Å². The van der Waals surface area contributed by atoms with E-state index in [1.165, 1.54) is 12.1 Å². The van der Waals surface area contributed by atoms with Crippen LogP contribution >= 0.6 is 24.8 Å². The highest BCUT2D eigenvalue weighted by atomic mass is 35.5. The number of nitrogens with one attached hydrogen (secondary N) is 1. The predicted octanol–water partition coefficient (Wildman–Crippen LogP) is 2.77. The van der Waals surface area contributed by atoms with Crippen LogP contribution in [0, 0.1) is 0 Å². The fourth-order valence-electron chi connectivity index (χ4n) is 2.56. The van der Waals surface area contributed by atoms with Crippen LogP contribution in [0.15, 0.2) is 18.2 Å². The van der Waals surface area contributed by atoms with Crippen molar-refractivity contribution in [2.75, 3.05) is 32.9 Å². The van der Waals surface area contributed by atoms with E-state index >= 15 is 0 Å². The molecule has 22 heavy (non-hydrogen) atoms. The second-order valence-electron chi connectivity index (χ2n) is 4.83. The van der Waals surface area contributed by atoms with Crippen molar-refractivity contribution < 1.29 is 22.6 Å². The minimum Gasteiger partial charge on any atom is -0.395 e. The van der Waals surface area contributed by atoms with Crippen molar-refractivity contribution in [3.8, 4) is 11.5 Å². The van der Waals surface area contributed by atoms with Gasteiger partial charge in [-0.3, -0.25) is 4.90 Å². The van der Waals surface area contributed by atoms with Gasteiger partial charge in [-0.25, -0.2) is 4.39 Å². The van der Waals surface area contributed by atoms with Crippen LogP contribution in [-0.4, -0.2) is 44.0 Å². The fourth-order valence-corrected chi connectivity index (χ4v) is 2.56. The molecule has 1 aromatic carbocycles. The average molecular weight is 361 g/mol. The number of nitrogens with zero attached hydrogens (tertiary/aromatic N) is 1. The molecule has 2 heterocycles. The van der Waals surface area contributed by atoms with Gasteiger partial charge >= 0.3 is 6.29 Å². The van der Waals surface area contributed by atoms with Gasteiger partial charge in [0.15, 0.2) is 11.5 Å². The molecule has 1 N–H and O–H groups in total. The zero-order valence-corrected chi connectivity index (χ0v) is 13.2. The summed E-state index contributed by atoms with van der Waals surface area (Å²) >= 11 is 0. The summed E-state index contributed by atoms with van der Waals surface area (Å²) in [5.41, 5.74) is 0.620. The fraction of sp³-hybridized carbons (Fsp3) is 0.538. The van der Waals surface area contributed by atoms with Crippen molar-refractivity contribution in [2.45, 2.75) is 12.3 Å². The Morgan fingerprint density at radius 1 is 1.14 bits per heavy atom. The monoisotopic (exact) mass is 360 g/mol. The summed E-state index contributed by atoms with van der Waals surface area (Å²) in [6, 6.07) is 4.00. The Morgan fingerprint density at radius 2 is 1.77 bits per heavy atom. The molecule has 1 atom stereocenters. The minimum atomic E-state index is -3.64. The van der Waals surface area contributed by atoms with E-state index < -0.39 is 19.0 Å². The molecule has 0 aliphatic carbocycles. The predicted molar refractivity (Wildman–Crippen MR) is 80.3 cm³/mol. The van der Waals surface area contributed by atoms with Crippen LogP contribution in [0.3, 0.4) is 0 Å². The van der Waals surface area contributed by atoms with Gasteiger partial charge in [0.2, 0.25) is 0 Å².